The molecule has 0 bridgehead atoms. The molecule has 3 N–H and O–H groups in total. The highest BCUT2D eigenvalue weighted by atomic mass is 32.2. The first kappa shape index (κ1) is 18.1. The molecule has 1 amide bonds. The number of hydrogen-bond donors (Lipinski definition) is 2. The van der Waals surface area contributed by atoms with E-state index in [4.69, 9.17) is 11.0 Å². The van der Waals surface area contributed by atoms with Crippen LogP contribution in [0.1, 0.15) is 16.5 Å². The zero-order valence-electron chi connectivity index (χ0n) is 12.8. The zero-order valence-corrected chi connectivity index (χ0v) is 14.4. The summed E-state index contributed by atoms with van der Waals surface area (Å²) in [5.41, 5.74) is 6.35. The Labute approximate surface area is 144 Å². The minimum atomic E-state index is -3.54. The smallest absolute Gasteiger partial charge is 0.239 e. The van der Waals surface area contributed by atoms with Crippen molar-refractivity contribution in [2.75, 3.05) is 5.75 Å². The molecule has 2 atom stereocenters. The third kappa shape index (κ3) is 5.16. The fourth-order valence-electron chi connectivity index (χ4n) is 2.11. The van der Waals surface area contributed by atoms with Gasteiger partial charge in [0.15, 0.2) is 15.9 Å². The van der Waals surface area contributed by atoms with E-state index in [2.05, 4.69) is 5.32 Å². The molecule has 0 aliphatic carbocycles. The van der Waals surface area contributed by atoms with Gasteiger partial charge in [0, 0.05) is 4.88 Å². The van der Waals surface area contributed by atoms with E-state index in [0.29, 0.717) is 10.4 Å². The number of rotatable bonds is 7. The Kier molecular flexibility index (Phi) is 6.09. The lowest BCUT2D eigenvalue weighted by Gasteiger charge is -2.15. The van der Waals surface area contributed by atoms with Crippen LogP contribution in [0.3, 0.4) is 0 Å². The van der Waals surface area contributed by atoms with Gasteiger partial charge in [-0.1, -0.05) is 36.4 Å². The second kappa shape index (κ2) is 8.06. The summed E-state index contributed by atoms with van der Waals surface area (Å²) in [5, 5.41) is 13.4. The minimum Gasteiger partial charge on any atom is -0.335 e. The number of nitriles is 1. The SMILES string of the molecule is N#CC(NC(=O)[C@@H](N)CS(=O)(=O)Cc1ccccc1)c1cccs1. The Morgan fingerprint density at radius 3 is 2.54 bits per heavy atom. The number of carbonyl (C=O) groups is 1. The average Bonchev–Trinajstić information content (AvgIpc) is 3.06. The third-order valence-electron chi connectivity index (χ3n) is 3.24. The van der Waals surface area contributed by atoms with Gasteiger partial charge in [0.05, 0.1) is 23.6 Å². The quantitative estimate of drug-likeness (QED) is 0.771. The lowest BCUT2D eigenvalue weighted by Crippen LogP contribution is -2.46. The summed E-state index contributed by atoms with van der Waals surface area (Å²) in [6.07, 6.45) is 0. The van der Waals surface area contributed by atoms with Crippen molar-refractivity contribution in [3.8, 4) is 6.07 Å². The normalized spacial score (nSPS) is 13.7. The molecule has 0 spiro atoms. The van der Waals surface area contributed by atoms with Crippen LogP contribution in [0.5, 0.6) is 0 Å². The standard InChI is InChI=1S/C16H17N3O3S2/c17-9-14(15-7-4-8-23-15)19-16(20)13(18)11-24(21,22)10-12-5-2-1-3-6-12/h1-8,13-14H,10-11,18H2,(H,19,20)/t13-,14?/m0/s1. The zero-order chi connectivity index (χ0) is 17.6. The molecule has 1 aromatic carbocycles. The topological polar surface area (TPSA) is 113 Å². The number of sulfone groups is 1. The molecule has 126 valence electrons. The van der Waals surface area contributed by atoms with Crippen molar-refractivity contribution in [2.45, 2.75) is 17.8 Å². The van der Waals surface area contributed by atoms with Gasteiger partial charge in [0.2, 0.25) is 5.91 Å². The first-order valence-corrected chi connectivity index (χ1v) is 9.85. The Hall–Kier alpha value is -2.21. The molecule has 8 heteroatoms. The van der Waals surface area contributed by atoms with E-state index in [1.165, 1.54) is 11.3 Å². The van der Waals surface area contributed by atoms with Crippen molar-refractivity contribution < 1.29 is 13.2 Å². The lowest BCUT2D eigenvalue weighted by atomic mass is 10.2. The highest BCUT2D eigenvalue weighted by molar-refractivity contribution is 7.90. The molecule has 0 aliphatic rings. The van der Waals surface area contributed by atoms with Crippen LogP contribution in [0, 0.1) is 11.3 Å². The maximum Gasteiger partial charge on any atom is 0.239 e. The maximum absolute atomic E-state index is 12.2. The maximum atomic E-state index is 12.2. The number of amides is 1. The number of thiophene rings is 1. The van der Waals surface area contributed by atoms with E-state index in [1.807, 2.05) is 6.07 Å². The van der Waals surface area contributed by atoms with Crippen LogP contribution >= 0.6 is 11.3 Å². The summed E-state index contributed by atoms with van der Waals surface area (Å²) in [6.45, 7) is 0. The molecule has 1 aromatic heterocycles. The van der Waals surface area contributed by atoms with Crippen molar-refractivity contribution in [1.29, 1.82) is 5.26 Å². The summed E-state index contributed by atoms with van der Waals surface area (Å²) in [5.74, 6) is -1.32. The molecule has 0 fully saturated rings. The molecule has 1 heterocycles. The van der Waals surface area contributed by atoms with Crippen LogP contribution in [-0.2, 0) is 20.4 Å². The number of nitrogens with two attached hydrogens (primary N) is 1. The van der Waals surface area contributed by atoms with E-state index in [1.54, 1.807) is 47.8 Å². The van der Waals surface area contributed by atoms with Crippen molar-refractivity contribution in [3.63, 3.8) is 0 Å². The molecule has 6 nitrogen and oxygen atoms in total. The van der Waals surface area contributed by atoms with Gasteiger partial charge in [-0.2, -0.15) is 5.26 Å². The van der Waals surface area contributed by atoms with Gasteiger partial charge in [-0.3, -0.25) is 4.79 Å². The Morgan fingerprint density at radius 2 is 1.96 bits per heavy atom. The van der Waals surface area contributed by atoms with Crippen LogP contribution in [0.25, 0.3) is 0 Å². The van der Waals surface area contributed by atoms with Crippen molar-refractivity contribution >= 4 is 27.1 Å². The second-order valence-corrected chi connectivity index (χ2v) is 8.32. The summed E-state index contributed by atoms with van der Waals surface area (Å²) in [7, 11) is -3.54. The minimum absolute atomic E-state index is 0.179. The van der Waals surface area contributed by atoms with Crippen molar-refractivity contribution in [2.24, 2.45) is 5.73 Å². The lowest BCUT2D eigenvalue weighted by molar-refractivity contribution is -0.122. The molecule has 0 saturated heterocycles. The number of nitrogens with zero attached hydrogens (tertiary/aromatic N) is 1. The van der Waals surface area contributed by atoms with Gasteiger partial charge in [0.25, 0.3) is 0 Å². The molecule has 0 radical (unpaired) electrons. The van der Waals surface area contributed by atoms with Crippen LogP contribution in [0.15, 0.2) is 47.8 Å². The Morgan fingerprint density at radius 1 is 1.25 bits per heavy atom. The van der Waals surface area contributed by atoms with Gasteiger partial charge < -0.3 is 11.1 Å². The summed E-state index contributed by atoms with van der Waals surface area (Å²) >= 11 is 1.33. The van der Waals surface area contributed by atoms with Crippen molar-refractivity contribution in [3.05, 3.63) is 58.3 Å². The second-order valence-electron chi connectivity index (χ2n) is 5.23. The van der Waals surface area contributed by atoms with Gasteiger partial charge in [-0.05, 0) is 17.0 Å². The average molecular weight is 363 g/mol. The predicted octanol–water partition coefficient (Wildman–Crippen LogP) is 1.37. The molecule has 0 saturated carbocycles. The first-order valence-electron chi connectivity index (χ1n) is 7.14. The first-order chi connectivity index (χ1) is 11.4. The van der Waals surface area contributed by atoms with E-state index in [0.717, 1.165) is 0 Å². The van der Waals surface area contributed by atoms with Gasteiger partial charge >= 0.3 is 0 Å². The van der Waals surface area contributed by atoms with E-state index in [-0.39, 0.29) is 5.75 Å². The summed E-state index contributed by atoms with van der Waals surface area (Å²) in [6, 6.07) is 12.1. The van der Waals surface area contributed by atoms with Crippen LogP contribution in [-0.4, -0.2) is 26.1 Å². The van der Waals surface area contributed by atoms with Crippen LogP contribution < -0.4 is 11.1 Å². The molecular formula is C16H17N3O3S2. The largest absolute Gasteiger partial charge is 0.335 e. The third-order valence-corrected chi connectivity index (χ3v) is 5.82. The van der Waals surface area contributed by atoms with Gasteiger partial charge in [0.1, 0.15) is 0 Å². The van der Waals surface area contributed by atoms with E-state index >= 15 is 0 Å². The summed E-state index contributed by atoms with van der Waals surface area (Å²) in [4.78, 5) is 12.8. The fraction of sp³-hybridized carbons (Fsp3) is 0.250. The van der Waals surface area contributed by atoms with Crippen LogP contribution in [0.2, 0.25) is 0 Å². The molecule has 24 heavy (non-hydrogen) atoms. The predicted molar refractivity (Wildman–Crippen MR) is 92.7 cm³/mol. The number of hydrogen-bond acceptors (Lipinski definition) is 6. The monoisotopic (exact) mass is 363 g/mol. The fourth-order valence-corrected chi connectivity index (χ4v) is 4.34. The number of nitrogens with one attached hydrogen (secondary N) is 1. The van der Waals surface area contributed by atoms with Gasteiger partial charge in [-0.25, -0.2) is 8.42 Å². The number of benzene rings is 1. The molecule has 2 rings (SSSR count). The summed E-state index contributed by atoms with van der Waals surface area (Å²) < 4.78 is 24.4. The molecular weight excluding hydrogens is 346 g/mol. The Balaban J connectivity index is 1.97. The van der Waals surface area contributed by atoms with E-state index < -0.39 is 33.6 Å². The molecule has 1 unspecified atom stereocenters. The van der Waals surface area contributed by atoms with Gasteiger partial charge in [-0.15, -0.1) is 11.3 Å². The number of carbonyl (C=O) groups excluding carboxylic acids is 1. The van der Waals surface area contributed by atoms with Crippen molar-refractivity contribution in [1.82, 2.24) is 5.32 Å². The van der Waals surface area contributed by atoms with Crippen LogP contribution in [0.4, 0.5) is 0 Å². The molecule has 2 aromatic rings. The highest BCUT2D eigenvalue weighted by Crippen LogP contribution is 2.18. The highest BCUT2D eigenvalue weighted by Gasteiger charge is 2.25. The van der Waals surface area contributed by atoms with E-state index in [9.17, 15) is 13.2 Å². The Bertz CT molecular complexity index is 812. The molecule has 0 aliphatic heterocycles.